The van der Waals surface area contributed by atoms with E-state index in [1.807, 2.05) is 30.3 Å². The quantitative estimate of drug-likeness (QED) is 0.708. The predicted molar refractivity (Wildman–Crippen MR) is 79.0 cm³/mol. The van der Waals surface area contributed by atoms with Crippen LogP contribution in [-0.2, 0) is 0 Å². The first-order chi connectivity index (χ1) is 8.43. The average molecular weight is 247 g/mol. The van der Waals surface area contributed by atoms with Gasteiger partial charge in [-0.25, -0.2) is 0 Å². The number of benzene rings is 1. The van der Waals surface area contributed by atoms with Crippen molar-refractivity contribution in [1.29, 1.82) is 0 Å². The highest BCUT2D eigenvalue weighted by Gasteiger charge is 2.15. The second kappa shape index (κ2) is 6.60. The highest BCUT2D eigenvalue weighted by Crippen LogP contribution is 2.14. The normalized spacial score (nSPS) is 11.6. The molecular formula is C16H25NO. The maximum absolute atomic E-state index is 5.71. The second-order valence-corrected chi connectivity index (χ2v) is 5.57. The van der Waals surface area contributed by atoms with Gasteiger partial charge in [-0.05, 0) is 51.9 Å². The maximum atomic E-state index is 5.71. The van der Waals surface area contributed by atoms with Crippen LogP contribution in [-0.4, -0.2) is 30.6 Å². The van der Waals surface area contributed by atoms with Crippen LogP contribution < -0.4 is 4.74 Å². The fourth-order valence-corrected chi connectivity index (χ4v) is 1.53. The Labute approximate surface area is 111 Å². The summed E-state index contributed by atoms with van der Waals surface area (Å²) in [5.74, 6) is 0.930. The zero-order chi connectivity index (χ0) is 13.6. The molecule has 0 bridgehead atoms. The Kier molecular flexibility index (Phi) is 5.42. The minimum Gasteiger partial charge on any atom is -0.494 e. The summed E-state index contributed by atoms with van der Waals surface area (Å²) in [4.78, 5) is 2.34. The van der Waals surface area contributed by atoms with Crippen molar-refractivity contribution < 1.29 is 4.74 Å². The third-order valence-electron chi connectivity index (χ3n) is 3.17. The lowest BCUT2D eigenvalue weighted by Crippen LogP contribution is -2.39. The smallest absolute Gasteiger partial charge is 0.119 e. The van der Waals surface area contributed by atoms with Gasteiger partial charge in [0.15, 0.2) is 0 Å². The highest BCUT2D eigenvalue weighted by molar-refractivity contribution is 5.48. The van der Waals surface area contributed by atoms with E-state index in [-0.39, 0.29) is 5.54 Å². The molecule has 0 aromatic heterocycles. The van der Waals surface area contributed by atoms with E-state index in [1.54, 1.807) is 0 Å². The van der Waals surface area contributed by atoms with Gasteiger partial charge >= 0.3 is 0 Å². The minimum absolute atomic E-state index is 0.228. The van der Waals surface area contributed by atoms with E-state index in [1.165, 1.54) is 0 Å². The van der Waals surface area contributed by atoms with Crippen molar-refractivity contribution in [1.82, 2.24) is 4.90 Å². The van der Waals surface area contributed by atoms with E-state index < -0.39 is 0 Å². The van der Waals surface area contributed by atoms with Gasteiger partial charge in [0.2, 0.25) is 0 Å². The van der Waals surface area contributed by atoms with E-state index >= 15 is 0 Å². The molecule has 2 nitrogen and oxygen atoms in total. The summed E-state index contributed by atoms with van der Waals surface area (Å²) >= 11 is 0. The Morgan fingerprint density at radius 3 is 2.33 bits per heavy atom. The molecule has 0 heterocycles. The Hall–Kier alpha value is -1.28. The van der Waals surface area contributed by atoms with E-state index in [4.69, 9.17) is 4.74 Å². The third kappa shape index (κ3) is 4.92. The summed E-state index contributed by atoms with van der Waals surface area (Å²) in [5.41, 5.74) is 1.35. The molecule has 0 unspecified atom stereocenters. The zero-order valence-corrected chi connectivity index (χ0v) is 12.1. The summed E-state index contributed by atoms with van der Waals surface area (Å²) in [6.45, 7) is 12.2. The molecular weight excluding hydrogens is 222 g/mol. The van der Waals surface area contributed by atoms with Gasteiger partial charge in [0, 0.05) is 12.1 Å². The molecule has 1 aromatic carbocycles. The molecule has 2 heteroatoms. The fraction of sp³-hybridized carbons (Fsp3) is 0.500. The molecule has 100 valence electrons. The van der Waals surface area contributed by atoms with E-state index in [9.17, 15) is 0 Å². The van der Waals surface area contributed by atoms with Crippen molar-refractivity contribution in [3.05, 3.63) is 36.4 Å². The highest BCUT2D eigenvalue weighted by atomic mass is 16.5. The van der Waals surface area contributed by atoms with Gasteiger partial charge in [-0.1, -0.05) is 24.8 Å². The standard InChI is InChI=1S/C16H25NO/c1-6-14-8-10-15(11-9-14)18-13-7-12-17(5)16(2,3)4/h6,8-11H,1,7,12-13H2,2-5H3. The first kappa shape index (κ1) is 14.8. The lowest BCUT2D eigenvalue weighted by atomic mass is 10.1. The van der Waals surface area contributed by atoms with Gasteiger partial charge in [-0.3, -0.25) is 0 Å². The molecule has 1 rings (SSSR count). The molecule has 0 fully saturated rings. The van der Waals surface area contributed by atoms with Crippen LogP contribution in [0, 0.1) is 0 Å². The van der Waals surface area contributed by atoms with E-state index in [2.05, 4.69) is 39.3 Å². The van der Waals surface area contributed by atoms with Gasteiger partial charge in [0.1, 0.15) is 5.75 Å². The molecule has 0 saturated heterocycles. The molecule has 0 aliphatic carbocycles. The summed E-state index contributed by atoms with van der Waals surface area (Å²) < 4.78 is 5.71. The molecule has 0 saturated carbocycles. The van der Waals surface area contributed by atoms with Crippen molar-refractivity contribution in [2.24, 2.45) is 0 Å². The lowest BCUT2D eigenvalue weighted by molar-refractivity contribution is 0.161. The van der Waals surface area contributed by atoms with Crippen LogP contribution in [0.2, 0.25) is 0 Å². The van der Waals surface area contributed by atoms with Crippen molar-refractivity contribution in [3.8, 4) is 5.75 Å². The molecule has 1 aromatic rings. The van der Waals surface area contributed by atoms with Crippen LogP contribution >= 0.6 is 0 Å². The number of hydrogen-bond acceptors (Lipinski definition) is 2. The summed E-state index contributed by atoms with van der Waals surface area (Å²) in [7, 11) is 2.15. The molecule has 18 heavy (non-hydrogen) atoms. The minimum atomic E-state index is 0.228. The Balaban J connectivity index is 2.27. The first-order valence-corrected chi connectivity index (χ1v) is 6.50. The molecule has 0 atom stereocenters. The van der Waals surface area contributed by atoms with E-state index in [0.717, 1.165) is 30.9 Å². The van der Waals surface area contributed by atoms with Crippen LogP contribution in [0.4, 0.5) is 0 Å². The zero-order valence-electron chi connectivity index (χ0n) is 12.1. The number of nitrogens with zero attached hydrogens (tertiary/aromatic N) is 1. The Bertz CT molecular complexity index is 362. The summed E-state index contributed by atoms with van der Waals surface area (Å²) in [6, 6.07) is 8.02. The van der Waals surface area contributed by atoms with Crippen molar-refractivity contribution in [2.45, 2.75) is 32.7 Å². The van der Waals surface area contributed by atoms with Gasteiger partial charge in [-0.2, -0.15) is 0 Å². The fourth-order valence-electron chi connectivity index (χ4n) is 1.53. The predicted octanol–water partition coefficient (Wildman–Crippen LogP) is 3.83. The van der Waals surface area contributed by atoms with Crippen LogP contribution in [0.15, 0.2) is 30.8 Å². The molecule has 0 amide bonds. The molecule has 0 radical (unpaired) electrons. The number of hydrogen-bond donors (Lipinski definition) is 0. The summed E-state index contributed by atoms with van der Waals surface area (Å²) in [5, 5.41) is 0. The molecule has 0 N–H and O–H groups in total. The molecule has 0 aliphatic rings. The maximum Gasteiger partial charge on any atom is 0.119 e. The monoisotopic (exact) mass is 247 g/mol. The molecule has 0 spiro atoms. The van der Waals surface area contributed by atoms with E-state index in [0.29, 0.717) is 0 Å². The molecule has 0 aliphatic heterocycles. The van der Waals surface area contributed by atoms with Gasteiger partial charge in [0.25, 0.3) is 0 Å². The SMILES string of the molecule is C=Cc1ccc(OCCCN(C)C(C)(C)C)cc1. The lowest BCUT2D eigenvalue weighted by Gasteiger charge is -2.31. The number of ether oxygens (including phenoxy) is 1. The second-order valence-electron chi connectivity index (χ2n) is 5.57. The van der Waals surface area contributed by atoms with Crippen LogP contribution in [0.5, 0.6) is 5.75 Å². The van der Waals surface area contributed by atoms with Crippen LogP contribution in [0.3, 0.4) is 0 Å². The largest absolute Gasteiger partial charge is 0.494 e. The van der Waals surface area contributed by atoms with Crippen molar-refractivity contribution >= 4 is 6.08 Å². The Morgan fingerprint density at radius 2 is 1.83 bits per heavy atom. The van der Waals surface area contributed by atoms with Gasteiger partial charge in [0.05, 0.1) is 6.61 Å². The summed E-state index contributed by atoms with van der Waals surface area (Å²) in [6.07, 6.45) is 2.87. The van der Waals surface area contributed by atoms with Crippen molar-refractivity contribution in [3.63, 3.8) is 0 Å². The first-order valence-electron chi connectivity index (χ1n) is 6.50. The number of rotatable bonds is 6. The van der Waals surface area contributed by atoms with Crippen LogP contribution in [0.1, 0.15) is 32.8 Å². The van der Waals surface area contributed by atoms with Gasteiger partial charge in [-0.15, -0.1) is 0 Å². The van der Waals surface area contributed by atoms with Gasteiger partial charge < -0.3 is 9.64 Å². The van der Waals surface area contributed by atoms with Crippen molar-refractivity contribution in [2.75, 3.05) is 20.2 Å². The average Bonchev–Trinajstić information content (AvgIpc) is 2.34. The third-order valence-corrected chi connectivity index (χ3v) is 3.17. The topological polar surface area (TPSA) is 12.5 Å². The van der Waals surface area contributed by atoms with Crippen LogP contribution in [0.25, 0.3) is 6.08 Å². The Morgan fingerprint density at radius 1 is 1.22 bits per heavy atom.